The van der Waals surface area contributed by atoms with Crippen LogP contribution in [0.4, 0.5) is 0 Å². The van der Waals surface area contributed by atoms with Crippen molar-refractivity contribution in [3.05, 3.63) is 30.1 Å². The standard InChI is InChI=1S/C17H22N2O2/c1-17(2,3)19-14-10-5-4-9-13(14)18-15(19)11-7-6-8-12(11)16(20)21/h4-5,9-12H,6-8H2,1-3H3,(H,20,21). The van der Waals surface area contributed by atoms with E-state index in [2.05, 4.69) is 31.4 Å². The summed E-state index contributed by atoms with van der Waals surface area (Å²) in [6, 6.07) is 8.07. The zero-order chi connectivity index (χ0) is 15.2. The molecule has 1 aromatic carbocycles. The third kappa shape index (κ3) is 2.33. The molecule has 2 unspecified atom stereocenters. The first kappa shape index (κ1) is 14.1. The highest BCUT2D eigenvalue weighted by atomic mass is 16.4. The van der Waals surface area contributed by atoms with E-state index in [1.807, 2.05) is 18.2 Å². The summed E-state index contributed by atoms with van der Waals surface area (Å²) in [7, 11) is 0. The lowest BCUT2D eigenvalue weighted by molar-refractivity contribution is -0.142. The normalized spacial score (nSPS) is 22.8. The van der Waals surface area contributed by atoms with E-state index in [-0.39, 0.29) is 17.4 Å². The number of carboxylic acids is 1. The van der Waals surface area contributed by atoms with Crippen LogP contribution in [0.15, 0.2) is 24.3 Å². The first-order valence-corrected chi connectivity index (χ1v) is 7.60. The Balaban J connectivity index is 2.20. The van der Waals surface area contributed by atoms with E-state index in [0.29, 0.717) is 0 Å². The molecule has 4 heteroatoms. The SMILES string of the molecule is CC(C)(C)n1c(C2CCCC2C(=O)O)nc2ccccc21. The van der Waals surface area contributed by atoms with Crippen molar-refractivity contribution in [1.82, 2.24) is 9.55 Å². The second-order valence-electron chi connectivity index (χ2n) is 6.95. The zero-order valence-electron chi connectivity index (χ0n) is 12.8. The van der Waals surface area contributed by atoms with Gasteiger partial charge in [-0.15, -0.1) is 0 Å². The monoisotopic (exact) mass is 286 g/mol. The number of hydrogen-bond donors (Lipinski definition) is 1. The molecule has 2 atom stereocenters. The van der Waals surface area contributed by atoms with Crippen LogP contribution in [-0.2, 0) is 10.3 Å². The summed E-state index contributed by atoms with van der Waals surface area (Å²) in [5, 5.41) is 9.48. The van der Waals surface area contributed by atoms with Crippen molar-refractivity contribution in [2.45, 2.75) is 51.5 Å². The molecule has 4 nitrogen and oxygen atoms in total. The summed E-state index contributed by atoms with van der Waals surface area (Å²) >= 11 is 0. The fourth-order valence-corrected chi connectivity index (χ4v) is 3.56. The van der Waals surface area contributed by atoms with Gasteiger partial charge >= 0.3 is 5.97 Å². The third-order valence-corrected chi connectivity index (χ3v) is 4.42. The average Bonchev–Trinajstić information content (AvgIpc) is 3.01. The van der Waals surface area contributed by atoms with Gasteiger partial charge in [-0.2, -0.15) is 0 Å². The van der Waals surface area contributed by atoms with E-state index in [0.717, 1.165) is 36.1 Å². The van der Waals surface area contributed by atoms with Gasteiger partial charge < -0.3 is 9.67 Å². The summed E-state index contributed by atoms with van der Waals surface area (Å²) in [6.07, 6.45) is 2.64. The van der Waals surface area contributed by atoms with Gasteiger partial charge in [0, 0.05) is 11.5 Å². The number of rotatable bonds is 2. The minimum Gasteiger partial charge on any atom is -0.481 e. The highest BCUT2D eigenvalue weighted by Crippen LogP contribution is 2.41. The molecule has 112 valence electrons. The van der Waals surface area contributed by atoms with Gasteiger partial charge in [-0.25, -0.2) is 4.98 Å². The number of carbonyl (C=O) groups is 1. The summed E-state index contributed by atoms with van der Waals surface area (Å²) < 4.78 is 2.23. The van der Waals surface area contributed by atoms with Crippen molar-refractivity contribution in [3.63, 3.8) is 0 Å². The molecule has 1 N–H and O–H groups in total. The van der Waals surface area contributed by atoms with Crippen LogP contribution in [-0.4, -0.2) is 20.6 Å². The molecule has 0 radical (unpaired) electrons. The minimum absolute atomic E-state index is 0.0223. The molecule has 3 rings (SSSR count). The lowest BCUT2D eigenvalue weighted by Gasteiger charge is -2.27. The summed E-state index contributed by atoms with van der Waals surface area (Å²) in [5.41, 5.74) is 1.94. The molecule has 0 bridgehead atoms. The van der Waals surface area contributed by atoms with E-state index < -0.39 is 5.97 Å². The van der Waals surface area contributed by atoms with Gasteiger partial charge in [-0.1, -0.05) is 18.6 Å². The number of aromatic nitrogens is 2. The number of carboxylic acid groups (broad SMARTS) is 1. The van der Waals surface area contributed by atoms with Gasteiger partial charge in [0.15, 0.2) is 0 Å². The molecule has 1 heterocycles. The van der Waals surface area contributed by atoms with Crippen molar-refractivity contribution >= 4 is 17.0 Å². The summed E-state index contributed by atoms with van der Waals surface area (Å²) in [4.78, 5) is 16.3. The molecule has 0 aliphatic heterocycles. The number of aliphatic carboxylic acids is 1. The van der Waals surface area contributed by atoms with Crippen LogP contribution in [0.3, 0.4) is 0 Å². The largest absolute Gasteiger partial charge is 0.481 e. The van der Waals surface area contributed by atoms with Crippen LogP contribution in [0, 0.1) is 5.92 Å². The smallest absolute Gasteiger partial charge is 0.307 e. The van der Waals surface area contributed by atoms with Crippen LogP contribution in [0.5, 0.6) is 0 Å². The predicted molar refractivity (Wildman–Crippen MR) is 82.4 cm³/mol. The van der Waals surface area contributed by atoms with Crippen LogP contribution in [0.2, 0.25) is 0 Å². The van der Waals surface area contributed by atoms with Crippen LogP contribution < -0.4 is 0 Å². The van der Waals surface area contributed by atoms with Crippen molar-refractivity contribution in [3.8, 4) is 0 Å². The second kappa shape index (κ2) is 4.86. The summed E-state index contributed by atoms with van der Waals surface area (Å²) in [5.74, 6) is -0.0318. The van der Waals surface area contributed by atoms with E-state index in [4.69, 9.17) is 4.98 Å². The Morgan fingerprint density at radius 1 is 1.29 bits per heavy atom. The van der Waals surface area contributed by atoms with Crippen LogP contribution in [0.25, 0.3) is 11.0 Å². The van der Waals surface area contributed by atoms with Crippen molar-refractivity contribution in [2.24, 2.45) is 5.92 Å². The molecule has 1 aliphatic carbocycles. The van der Waals surface area contributed by atoms with Gasteiger partial charge in [0.25, 0.3) is 0 Å². The molecule has 0 saturated heterocycles. The Kier molecular flexibility index (Phi) is 3.27. The number of hydrogen-bond acceptors (Lipinski definition) is 2. The molecule has 0 spiro atoms. The van der Waals surface area contributed by atoms with E-state index >= 15 is 0 Å². The van der Waals surface area contributed by atoms with Crippen molar-refractivity contribution < 1.29 is 9.90 Å². The van der Waals surface area contributed by atoms with Crippen LogP contribution >= 0.6 is 0 Å². The van der Waals surface area contributed by atoms with E-state index in [1.54, 1.807) is 0 Å². The molecular formula is C17H22N2O2. The van der Waals surface area contributed by atoms with E-state index in [9.17, 15) is 9.90 Å². The maximum Gasteiger partial charge on any atom is 0.307 e. The lowest BCUT2D eigenvalue weighted by atomic mass is 9.94. The Morgan fingerprint density at radius 3 is 2.67 bits per heavy atom. The van der Waals surface area contributed by atoms with Crippen LogP contribution in [0.1, 0.15) is 51.8 Å². The number of para-hydroxylation sites is 2. The van der Waals surface area contributed by atoms with E-state index in [1.165, 1.54) is 0 Å². The molecule has 2 aromatic rings. The van der Waals surface area contributed by atoms with Gasteiger partial charge in [0.2, 0.25) is 0 Å². The molecule has 1 fully saturated rings. The van der Waals surface area contributed by atoms with Gasteiger partial charge in [0.05, 0.1) is 17.0 Å². The van der Waals surface area contributed by atoms with Gasteiger partial charge in [-0.05, 0) is 45.7 Å². The maximum absolute atomic E-state index is 11.5. The number of benzene rings is 1. The molecular weight excluding hydrogens is 264 g/mol. The Hall–Kier alpha value is -1.84. The quantitative estimate of drug-likeness (QED) is 0.914. The zero-order valence-corrected chi connectivity index (χ0v) is 12.8. The number of nitrogens with zero attached hydrogens (tertiary/aromatic N) is 2. The number of fused-ring (bicyclic) bond motifs is 1. The number of imidazole rings is 1. The Bertz CT molecular complexity index is 682. The highest BCUT2D eigenvalue weighted by Gasteiger charge is 2.38. The molecule has 0 amide bonds. The fraction of sp³-hybridized carbons (Fsp3) is 0.529. The fourth-order valence-electron chi connectivity index (χ4n) is 3.56. The molecule has 21 heavy (non-hydrogen) atoms. The topological polar surface area (TPSA) is 55.1 Å². The third-order valence-electron chi connectivity index (χ3n) is 4.42. The average molecular weight is 286 g/mol. The van der Waals surface area contributed by atoms with Gasteiger partial charge in [0.1, 0.15) is 5.82 Å². The Labute approximate surface area is 124 Å². The predicted octanol–water partition coefficient (Wildman–Crippen LogP) is 3.76. The molecule has 1 aromatic heterocycles. The van der Waals surface area contributed by atoms with Crippen molar-refractivity contribution in [1.29, 1.82) is 0 Å². The second-order valence-corrected chi connectivity index (χ2v) is 6.95. The van der Waals surface area contributed by atoms with Crippen molar-refractivity contribution in [2.75, 3.05) is 0 Å². The minimum atomic E-state index is -0.690. The highest BCUT2D eigenvalue weighted by molar-refractivity contribution is 5.77. The maximum atomic E-state index is 11.5. The lowest BCUT2D eigenvalue weighted by Crippen LogP contribution is -2.28. The first-order valence-electron chi connectivity index (χ1n) is 7.60. The Morgan fingerprint density at radius 2 is 2.00 bits per heavy atom. The summed E-state index contributed by atoms with van der Waals surface area (Å²) in [6.45, 7) is 6.44. The van der Waals surface area contributed by atoms with Gasteiger partial charge in [-0.3, -0.25) is 4.79 Å². The molecule has 1 aliphatic rings. The molecule has 1 saturated carbocycles. The first-order chi connectivity index (χ1) is 9.89.